The second kappa shape index (κ2) is 7.28. The first-order valence-corrected chi connectivity index (χ1v) is 6.99. The minimum absolute atomic E-state index is 0.239. The fourth-order valence-corrected chi connectivity index (χ4v) is 2.16. The number of rotatable bonds is 8. The number of hydrogen-bond donors (Lipinski definition) is 2. The Morgan fingerprint density at radius 3 is 2.75 bits per heavy atom. The second-order valence-electron chi connectivity index (χ2n) is 6.09. The van der Waals surface area contributed by atoms with Crippen LogP contribution in [-0.2, 0) is 13.6 Å². The van der Waals surface area contributed by atoms with Crippen molar-refractivity contribution in [2.75, 3.05) is 13.6 Å². The number of amidine groups is 1. The van der Waals surface area contributed by atoms with Gasteiger partial charge in [-0.3, -0.25) is 4.68 Å². The summed E-state index contributed by atoms with van der Waals surface area (Å²) in [7, 11) is 4.04. The summed E-state index contributed by atoms with van der Waals surface area (Å²) in [5, 5.41) is 16.0. The van der Waals surface area contributed by atoms with Gasteiger partial charge in [0.1, 0.15) is 5.84 Å². The molecule has 3 N–H and O–H groups in total. The van der Waals surface area contributed by atoms with Crippen LogP contribution in [0.2, 0.25) is 0 Å². The van der Waals surface area contributed by atoms with Crippen molar-refractivity contribution >= 4 is 5.84 Å². The minimum Gasteiger partial charge on any atom is -0.409 e. The van der Waals surface area contributed by atoms with Gasteiger partial charge in [-0.2, -0.15) is 5.10 Å². The Bertz CT molecular complexity index is 439. The lowest BCUT2D eigenvalue weighted by Gasteiger charge is -2.23. The molecular weight excluding hydrogens is 254 g/mol. The third kappa shape index (κ3) is 5.21. The van der Waals surface area contributed by atoms with E-state index in [2.05, 4.69) is 22.2 Å². The SMILES string of the molecule is CN(CCCCC(C)(C)C(N)=NO)Cc1cnn(C)c1. The van der Waals surface area contributed by atoms with Crippen LogP contribution in [0.3, 0.4) is 0 Å². The summed E-state index contributed by atoms with van der Waals surface area (Å²) in [6, 6.07) is 0. The van der Waals surface area contributed by atoms with Crippen LogP contribution in [0.4, 0.5) is 0 Å². The number of aryl methyl sites for hydroxylation is 1. The molecule has 0 saturated carbocycles. The van der Waals surface area contributed by atoms with E-state index in [9.17, 15) is 0 Å². The zero-order valence-electron chi connectivity index (χ0n) is 13.0. The van der Waals surface area contributed by atoms with Crippen molar-refractivity contribution in [3.8, 4) is 0 Å². The fourth-order valence-electron chi connectivity index (χ4n) is 2.16. The zero-order valence-corrected chi connectivity index (χ0v) is 13.0. The van der Waals surface area contributed by atoms with Gasteiger partial charge in [-0.1, -0.05) is 25.4 Å². The Morgan fingerprint density at radius 2 is 2.20 bits per heavy atom. The molecule has 1 aromatic heterocycles. The van der Waals surface area contributed by atoms with Crippen molar-refractivity contribution in [1.82, 2.24) is 14.7 Å². The van der Waals surface area contributed by atoms with Crippen molar-refractivity contribution < 1.29 is 5.21 Å². The average Bonchev–Trinajstić information content (AvgIpc) is 2.79. The molecule has 20 heavy (non-hydrogen) atoms. The summed E-state index contributed by atoms with van der Waals surface area (Å²) in [5.74, 6) is 0.307. The van der Waals surface area contributed by atoms with Gasteiger partial charge >= 0.3 is 0 Å². The largest absolute Gasteiger partial charge is 0.409 e. The summed E-state index contributed by atoms with van der Waals surface area (Å²) >= 11 is 0. The van der Waals surface area contributed by atoms with Crippen LogP contribution in [0.1, 0.15) is 38.7 Å². The van der Waals surface area contributed by atoms with Crippen molar-refractivity contribution in [2.24, 2.45) is 23.4 Å². The maximum absolute atomic E-state index is 8.73. The number of nitrogens with zero attached hydrogens (tertiary/aromatic N) is 4. The molecule has 0 spiro atoms. The summed E-state index contributed by atoms with van der Waals surface area (Å²) in [6.07, 6.45) is 7.01. The Balaban J connectivity index is 2.24. The molecule has 0 amide bonds. The van der Waals surface area contributed by atoms with E-state index in [0.717, 1.165) is 32.4 Å². The molecule has 0 fully saturated rings. The molecule has 6 nitrogen and oxygen atoms in total. The van der Waals surface area contributed by atoms with Gasteiger partial charge in [-0.15, -0.1) is 0 Å². The summed E-state index contributed by atoms with van der Waals surface area (Å²) in [4.78, 5) is 2.29. The highest BCUT2D eigenvalue weighted by Gasteiger charge is 2.22. The molecule has 0 aliphatic rings. The van der Waals surface area contributed by atoms with Gasteiger partial charge in [0.2, 0.25) is 0 Å². The van der Waals surface area contributed by atoms with E-state index in [0.29, 0.717) is 5.84 Å². The predicted octanol–water partition coefficient (Wildman–Crippen LogP) is 1.79. The van der Waals surface area contributed by atoms with Crippen LogP contribution < -0.4 is 5.73 Å². The first-order valence-electron chi connectivity index (χ1n) is 6.99. The third-order valence-electron chi connectivity index (χ3n) is 3.60. The number of oxime groups is 1. The van der Waals surface area contributed by atoms with Crippen molar-refractivity contribution in [2.45, 2.75) is 39.7 Å². The van der Waals surface area contributed by atoms with Gasteiger partial charge in [0, 0.05) is 30.8 Å². The summed E-state index contributed by atoms with van der Waals surface area (Å²) in [6.45, 7) is 5.95. The molecule has 0 radical (unpaired) electrons. The first kappa shape index (κ1) is 16.5. The van der Waals surface area contributed by atoms with Crippen LogP contribution in [-0.4, -0.2) is 39.3 Å². The quantitative estimate of drug-likeness (QED) is 0.250. The van der Waals surface area contributed by atoms with Crippen LogP contribution >= 0.6 is 0 Å². The Kier molecular flexibility index (Phi) is 6.01. The maximum Gasteiger partial charge on any atom is 0.144 e. The van der Waals surface area contributed by atoms with E-state index in [1.807, 2.05) is 38.0 Å². The van der Waals surface area contributed by atoms with Crippen molar-refractivity contribution in [3.05, 3.63) is 18.0 Å². The number of unbranched alkanes of at least 4 members (excludes halogenated alkanes) is 1. The van der Waals surface area contributed by atoms with Crippen LogP contribution in [0.15, 0.2) is 17.5 Å². The van der Waals surface area contributed by atoms with E-state index < -0.39 is 0 Å². The van der Waals surface area contributed by atoms with E-state index in [4.69, 9.17) is 10.9 Å². The van der Waals surface area contributed by atoms with E-state index in [-0.39, 0.29) is 5.41 Å². The monoisotopic (exact) mass is 281 g/mol. The molecular formula is C14H27N5O. The van der Waals surface area contributed by atoms with Crippen molar-refractivity contribution in [1.29, 1.82) is 0 Å². The summed E-state index contributed by atoms with van der Waals surface area (Å²) in [5.41, 5.74) is 6.67. The molecule has 0 aliphatic heterocycles. The molecule has 0 aromatic carbocycles. The lowest BCUT2D eigenvalue weighted by atomic mass is 9.86. The third-order valence-corrected chi connectivity index (χ3v) is 3.60. The Labute approximate surface area is 121 Å². The standard InChI is InChI=1S/C14H27N5O/c1-14(2,13(15)17-20)7-5-6-8-18(3)10-12-9-16-19(4)11-12/h9,11,20H,5-8,10H2,1-4H3,(H2,15,17). The molecule has 0 atom stereocenters. The van der Waals surface area contributed by atoms with E-state index in [1.165, 1.54) is 5.56 Å². The highest BCUT2D eigenvalue weighted by atomic mass is 16.4. The lowest BCUT2D eigenvalue weighted by molar-refractivity contribution is 0.295. The minimum atomic E-state index is -0.239. The number of hydrogen-bond acceptors (Lipinski definition) is 4. The Hall–Kier alpha value is -1.56. The van der Waals surface area contributed by atoms with Gasteiger partial charge < -0.3 is 15.8 Å². The number of aromatic nitrogens is 2. The zero-order chi connectivity index (χ0) is 15.2. The van der Waals surface area contributed by atoms with Gasteiger partial charge in [0.25, 0.3) is 0 Å². The molecule has 114 valence electrons. The topological polar surface area (TPSA) is 79.7 Å². The molecule has 1 heterocycles. The molecule has 6 heteroatoms. The van der Waals surface area contributed by atoms with E-state index in [1.54, 1.807) is 0 Å². The van der Waals surface area contributed by atoms with Gasteiger partial charge in [0.15, 0.2) is 0 Å². The maximum atomic E-state index is 8.73. The second-order valence-corrected chi connectivity index (χ2v) is 6.09. The van der Waals surface area contributed by atoms with Crippen LogP contribution in [0.25, 0.3) is 0 Å². The summed E-state index contributed by atoms with van der Waals surface area (Å²) < 4.78 is 1.82. The average molecular weight is 281 g/mol. The van der Waals surface area contributed by atoms with Crippen LogP contribution in [0, 0.1) is 5.41 Å². The first-order chi connectivity index (χ1) is 9.35. The van der Waals surface area contributed by atoms with Gasteiger partial charge in [0.05, 0.1) is 6.20 Å². The lowest BCUT2D eigenvalue weighted by Crippen LogP contribution is -2.32. The van der Waals surface area contributed by atoms with Crippen molar-refractivity contribution in [3.63, 3.8) is 0 Å². The van der Waals surface area contributed by atoms with Crippen LogP contribution in [0.5, 0.6) is 0 Å². The molecule has 0 unspecified atom stereocenters. The molecule has 0 aliphatic carbocycles. The highest BCUT2D eigenvalue weighted by molar-refractivity contribution is 5.85. The predicted molar refractivity (Wildman–Crippen MR) is 80.6 cm³/mol. The highest BCUT2D eigenvalue weighted by Crippen LogP contribution is 2.23. The molecule has 1 rings (SSSR count). The molecule has 0 bridgehead atoms. The van der Waals surface area contributed by atoms with Gasteiger partial charge in [-0.05, 0) is 26.4 Å². The smallest absolute Gasteiger partial charge is 0.144 e. The molecule has 0 saturated heterocycles. The molecule has 1 aromatic rings. The van der Waals surface area contributed by atoms with Gasteiger partial charge in [-0.25, -0.2) is 0 Å². The van der Waals surface area contributed by atoms with E-state index >= 15 is 0 Å². The fraction of sp³-hybridized carbons (Fsp3) is 0.714. The number of nitrogens with two attached hydrogens (primary N) is 1. The normalized spacial score (nSPS) is 13.2. The Morgan fingerprint density at radius 1 is 1.50 bits per heavy atom.